The molecule has 1 amide bonds. The molecule has 1 aromatic carbocycles. The third-order valence-electron chi connectivity index (χ3n) is 2.96. The van der Waals surface area contributed by atoms with Crippen LogP contribution < -0.4 is 5.32 Å². The summed E-state index contributed by atoms with van der Waals surface area (Å²) in [7, 11) is 0. The molecule has 1 aliphatic rings. The van der Waals surface area contributed by atoms with Crippen molar-refractivity contribution in [3.8, 4) is 11.8 Å². The first-order chi connectivity index (χ1) is 9.29. The van der Waals surface area contributed by atoms with E-state index in [0.29, 0.717) is 19.7 Å². The second kappa shape index (κ2) is 6.81. The Labute approximate surface area is 113 Å². The van der Waals surface area contributed by atoms with Gasteiger partial charge in [0.1, 0.15) is 6.61 Å². The molecule has 1 aromatic rings. The molecule has 1 N–H and O–H groups in total. The van der Waals surface area contributed by atoms with Gasteiger partial charge in [0.05, 0.1) is 12.6 Å². The van der Waals surface area contributed by atoms with Gasteiger partial charge in [-0.3, -0.25) is 0 Å². The predicted molar refractivity (Wildman–Crippen MR) is 73.4 cm³/mol. The normalized spacial score (nSPS) is 18.4. The van der Waals surface area contributed by atoms with Gasteiger partial charge in [-0.05, 0) is 12.5 Å². The van der Waals surface area contributed by atoms with Crippen LogP contribution in [0.3, 0.4) is 0 Å². The number of carbonyl (C=O) groups excluding carboxylic acids is 1. The lowest BCUT2D eigenvalue weighted by molar-refractivity contribution is 0.0885. The van der Waals surface area contributed by atoms with E-state index in [1.807, 2.05) is 30.3 Å². The zero-order chi connectivity index (χ0) is 13.5. The van der Waals surface area contributed by atoms with Gasteiger partial charge in [0, 0.05) is 13.1 Å². The summed E-state index contributed by atoms with van der Waals surface area (Å²) < 4.78 is 5.31. The molecule has 0 saturated carbocycles. The van der Waals surface area contributed by atoms with Crippen LogP contribution in [-0.2, 0) is 11.3 Å². The Hall–Kier alpha value is -1.99. The summed E-state index contributed by atoms with van der Waals surface area (Å²) in [5.41, 5.74) is 0.996. The molecule has 4 heteroatoms. The monoisotopic (exact) mass is 258 g/mol. The van der Waals surface area contributed by atoms with Gasteiger partial charge in [-0.2, -0.15) is 0 Å². The Morgan fingerprint density at radius 1 is 1.47 bits per heavy atom. The minimum absolute atomic E-state index is 0.0445. The number of ether oxygens (including phenoxy) is 1. The molecule has 1 unspecified atom stereocenters. The number of carbonyl (C=O) groups is 1. The fraction of sp³-hybridized carbons (Fsp3) is 0.400. The third-order valence-corrected chi connectivity index (χ3v) is 2.96. The molecule has 2 rings (SSSR count). The SMILES string of the molecule is CC#CC1CN(C(=O)OCc2ccccc2)CCN1. The van der Waals surface area contributed by atoms with Gasteiger partial charge in [0.2, 0.25) is 0 Å². The first-order valence-electron chi connectivity index (χ1n) is 6.41. The second-order valence-corrected chi connectivity index (χ2v) is 4.39. The number of rotatable bonds is 2. The van der Waals surface area contributed by atoms with Crippen LogP contribution in [0.5, 0.6) is 0 Å². The van der Waals surface area contributed by atoms with Crippen LogP contribution in [0.1, 0.15) is 12.5 Å². The summed E-state index contributed by atoms with van der Waals surface area (Å²) >= 11 is 0. The summed E-state index contributed by atoms with van der Waals surface area (Å²) in [6, 6.07) is 9.73. The molecule has 1 atom stereocenters. The van der Waals surface area contributed by atoms with Gasteiger partial charge in [-0.25, -0.2) is 4.79 Å². The maximum absolute atomic E-state index is 11.9. The van der Waals surface area contributed by atoms with Crippen molar-refractivity contribution in [3.05, 3.63) is 35.9 Å². The fourth-order valence-corrected chi connectivity index (χ4v) is 2.00. The lowest BCUT2D eigenvalue weighted by Gasteiger charge is -2.30. The molecule has 1 fully saturated rings. The van der Waals surface area contributed by atoms with Crippen LogP contribution in [0.25, 0.3) is 0 Å². The Kier molecular flexibility index (Phi) is 4.82. The van der Waals surface area contributed by atoms with E-state index in [1.165, 1.54) is 0 Å². The molecular formula is C15H18N2O2. The minimum atomic E-state index is -0.270. The second-order valence-electron chi connectivity index (χ2n) is 4.39. The standard InChI is InChI=1S/C15H18N2O2/c1-2-6-14-11-17(10-9-16-14)15(18)19-12-13-7-4-3-5-8-13/h3-5,7-8,14,16H,9-12H2,1H3. The Morgan fingerprint density at radius 2 is 2.26 bits per heavy atom. The van der Waals surface area contributed by atoms with E-state index in [4.69, 9.17) is 4.74 Å². The fourth-order valence-electron chi connectivity index (χ4n) is 2.00. The van der Waals surface area contributed by atoms with Gasteiger partial charge in [0.15, 0.2) is 0 Å². The number of benzene rings is 1. The van der Waals surface area contributed by atoms with Crippen LogP contribution in [0, 0.1) is 11.8 Å². The van der Waals surface area contributed by atoms with E-state index in [1.54, 1.807) is 11.8 Å². The molecule has 1 heterocycles. The Balaban J connectivity index is 1.84. The van der Waals surface area contributed by atoms with Gasteiger partial charge in [-0.1, -0.05) is 36.3 Å². The maximum atomic E-state index is 11.9. The van der Waals surface area contributed by atoms with Crippen LogP contribution in [0.4, 0.5) is 4.79 Å². The first kappa shape index (κ1) is 13.4. The highest BCUT2D eigenvalue weighted by Gasteiger charge is 2.22. The van der Waals surface area contributed by atoms with Crippen molar-refractivity contribution in [2.75, 3.05) is 19.6 Å². The summed E-state index contributed by atoms with van der Waals surface area (Å²) in [6.45, 7) is 4.10. The van der Waals surface area contributed by atoms with Crippen molar-refractivity contribution in [2.45, 2.75) is 19.6 Å². The van der Waals surface area contributed by atoms with E-state index < -0.39 is 0 Å². The van der Waals surface area contributed by atoms with Crippen LogP contribution in [-0.4, -0.2) is 36.7 Å². The molecular weight excluding hydrogens is 240 g/mol. The zero-order valence-electron chi connectivity index (χ0n) is 11.1. The molecule has 0 spiro atoms. The molecule has 0 bridgehead atoms. The van der Waals surface area contributed by atoms with E-state index in [9.17, 15) is 4.79 Å². The van der Waals surface area contributed by atoms with Crippen LogP contribution in [0.15, 0.2) is 30.3 Å². The van der Waals surface area contributed by atoms with E-state index in [-0.39, 0.29) is 12.1 Å². The molecule has 4 nitrogen and oxygen atoms in total. The summed E-state index contributed by atoms with van der Waals surface area (Å²) in [4.78, 5) is 13.7. The van der Waals surface area contributed by atoms with Crippen molar-refractivity contribution in [2.24, 2.45) is 0 Å². The highest BCUT2D eigenvalue weighted by molar-refractivity contribution is 5.68. The largest absolute Gasteiger partial charge is 0.445 e. The van der Waals surface area contributed by atoms with Gasteiger partial charge >= 0.3 is 6.09 Å². The van der Waals surface area contributed by atoms with Crippen molar-refractivity contribution < 1.29 is 9.53 Å². The van der Waals surface area contributed by atoms with Gasteiger partial charge in [-0.15, -0.1) is 5.92 Å². The third kappa shape index (κ3) is 4.01. The van der Waals surface area contributed by atoms with Crippen molar-refractivity contribution >= 4 is 6.09 Å². The summed E-state index contributed by atoms with van der Waals surface area (Å²) in [6.07, 6.45) is -0.270. The molecule has 19 heavy (non-hydrogen) atoms. The topological polar surface area (TPSA) is 41.6 Å². The zero-order valence-corrected chi connectivity index (χ0v) is 11.1. The number of piperazine rings is 1. The van der Waals surface area contributed by atoms with Crippen molar-refractivity contribution in [3.63, 3.8) is 0 Å². The van der Waals surface area contributed by atoms with Crippen LogP contribution >= 0.6 is 0 Å². The summed E-state index contributed by atoms with van der Waals surface area (Å²) in [5.74, 6) is 5.90. The molecule has 1 aliphatic heterocycles. The number of hydrogen-bond donors (Lipinski definition) is 1. The highest BCUT2D eigenvalue weighted by atomic mass is 16.6. The van der Waals surface area contributed by atoms with E-state index in [2.05, 4.69) is 17.2 Å². The number of nitrogens with one attached hydrogen (secondary N) is 1. The highest BCUT2D eigenvalue weighted by Crippen LogP contribution is 2.05. The molecule has 100 valence electrons. The molecule has 0 aromatic heterocycles. The number of nitrogens with zero attached hydrogens (tertiary/aromatic N) is 1. The molecule has 0 aliphatic carbocycles. The van der Waals surface area contributed by atoms with Crippen LogP contribution in [0.2, 0.25) is 0 Å². The molecule has 0 radical (unpaired) electrons. The van der Waals surface area contributed by atoms with Gasteiger partial charge in [0.25, 0.3) is 0 Å². The predicted octanol–water partition coefficient (Wildman–Crippen LogP) is 1.62. The van der Waals surface area contributed by atoms with Crippen molar-refractivity contribution in [1.29, 1.82) is 0 Å². The van der Waals surface area contributed by atoms with E-state index >= 15 is 0 Å². The van der Waals surface area contributed by atoms with Gasteiger partial charge < -0.3 is 15.0 Å². The lowest BCUT2D eigenvalue weighted by Crippen LogP contribution is -2.52. The first-order valence-corrected chi connectivity index (χ1v) is 6.41. The maximum Gasteiger partial charge on any atom is 0.410 e. The quantitative estimate of drug-likeness (QED) is 0.820. The number of amides is 1. The minimum Gasteiger partial charge on any atom is -0.445 e. The van der Waals surface area contributed by atoms with Crippen molar-refractivity contribution in [1.82, 2.24) is 10.2 Å². The Bertz CT molecular complexity index is 476. The number of hydrogen-bond acceptors (Lipinski definition) is 3. The summed E-state index contributed by atoms with van der Waals surface area (Å²) in [5, 5.41) is 3.26. The Morgan fingerprint density at radius 3 is 3.00 bits per heavy atom. The average molecular weight is 258 g/mol. The lowest BCUT2D eigenvalue weighted by atomic mass is 10.2. The average Bonchev–Trinajstić information content (AvgIpc) is 2.46. The van der Waals surface area contributed by atoms with E-state index in [0.717, 1.165) is 12.1 Å². The molecule has 1 saturated heterocycles. The smallest absolute Gasteiger partial charge is 0.410 e.